The lowest BCUT2D eigenvalue weighted by Gasteiger charge is -2.48. The fourth-order valence-corrected chi connectivity index (χ4v) is 4.99. The van der Waals surface area contributed by atoms with Crippen molar-refractivity contribution in [1.82, 2.24) is 15.1 Å². The molecule has 0 aromatic carbocycles. The Hall–Kier alpha value is -1.10. The molecule has 1 fully saturated rings. The summed E-state index contributed by atoms with van der Waals surface area (Å²) in [6.45, 7) is 0. The second kappa shape index (κ2) is 5.35. The summed E-state index contributed by atoms with van der Waals surface area (Å²) < 4.78 is 0.779. The van der Waals surface area contributed by atoms with Crippen LogP contribution in [0.2, 0.25) is 0 Å². The van der Waals surface area contributed by atoms with E-state index in [2.05, 4.69) is 10.2 Å². The van der Waals surface area contributed by atoms with Crippen LogP contribution in [0.3, 0.4) is 0 Å². The molecule has 3 N–H and O–H groups in total. The molecule has 1 aromatic rings. The Kier molecular flexibility index (Phi) is 3.71. The van der Waals surface area contributed by atoms with Gasteiger partial charge in [0.1, 0.15) is 22.6 Å². The number of fused-ring (bicyclic) bond motifs is 1. The average molecular weight is 330 g/mol. The molecule has 2 aliphatic heterocycles. The van der Waals surface area contributed by atoms with Gasteiger partial charge >= 0.3 is 5.97 Å². The van der Waals surface area contributed by atoms with Crippen molar-refractivity contribution in [1.29, 1.82) is 0 Å². The van der Waals surface area contributed by atoms with Crippen LogP contribution in [0.25, 0.3) is 0 Å². The summed E-state index contributed by atoms with van der Waals surface area (Å²) in [6.07, 6.45) is 0. The Morgan fingerprint density at radius 1 is 1.65 bits per heavy atom. The van der Waals surface area contributed by atoms with Gasteiger partial charge in [0.25, 0.3) is 0 Å². The smallest absolute Gasteiger partial charge is 0.352 e. The zero-order valence-corrected chi connectivity index (χ0v) is 12.5. The number of rotatable bonds is 4. The first-order valence-corrected chi connectivity index (χ1v) is 8.55. The minimum absolute atomic E-state index is 0.0810. The van der Waals surface area contributed by atoms with Crippen molar-refractivity contribution in [3.63, 3.8) is 0 Å². The fraction of sp³-hybridized carbons (Fsp3) is 0.400. The van der Waals surface area contributed by atoms with Gasteiger partial charge < -0.3 is 10.8 Å². The van der Waals surface area contributed by atoms with Gasteiger partial charge in [0.05, 0.1) is 0 Å². The molecule has 0 unspecified atom stereocenters. The zero-order valence-electron chi connectivity index (χ0n) is 10.1. The molecule has 1 saturated heterocycles. The van der Waals surface area contributed by atoms with Gasteiger partial charge in [-0.05, 0) is 5.57 Å². The molecule has 1 aromatic heterocycles. The molecule has 2 aliphatic rings. The molecule has 10 heteroatoms. The van der Waals surface area contributed by atoms with E-state index in [9.17, 15) is 14.7 Å². The summed E-state index contributed by atoms with van der Waals surface area (Å²) in [4.78, 5) is 24.5. The Bertz CT molecular complexity index is 589. The highest BCUT2D eigenvalue weighted by Crippen LogP contribution is 2.40. The van der Waals surface area contributed by atoms with Crippen LogP contribution in [0, 0.1) is 0 Å². The SMILES string of the molecule is N[C@H]1C(=O)N2C(C(=O)O)=C(CSc3nncs3)CS[C@H]12. The quantitative estimate of drug-likeness (QED) is 0.596. The first-order valence-electron chi connectivity index (χ1n) is 5.64. The van der Waals surface area contributed by atoms with E-state index in [1.54, 1.807) is 5.51 Å². The number of carboxylic acids is 1. The van der Waals surface area contributed by atoms with Crippen molar-refractivity contribution in [2.24, 2.45) is 5.73 Å². The first kappa shape index (κ1) is 13.9. The summed E-state index contributed by atoms with van der Waals surface area (Å²) in [7, 11) is 0. The van der Waals surface area contributed by atoms with Crippen LogP contribution in [0.1, 0.15) is 0 Å². The molecule has 2 atom stereocenters. The maximum Gasteiger partial charge on any atom is 0.352 e. The Morgan fingerprint density at radius 3 is 3.10 bits per heavy atom. The summed E-state index contributed by atoms with van der Waals surface area (Å²) in [6, 6.07) is -0.591. The first-order chi connectivity index (χ1) is 9.59. The molecule has 3 heterocycles. The summed E-state index contributed by atoms with van der Waals surface area (Å²) >= 11 is 4.33. The third-order valence-corrected chi connectivity index (χ3v) is 6.31. The topological polar surface area (TPSA) is 109 Å². The number of hydrogen-bond donors (Lipinski definition) is 2. The second-order valence-corrected chi connectivity index (χ2v) is 7.35. The number of carboxylic acid groups (broad SMARTS) is 1. The van der Waals surface area contributed by atoms with E-state index in [4.69, 9.17) is 5.73 Å². The number of aromatic nitrogens is 2. The van der Waals surface area contributed by atoms with Crippen LogP contribution >= 0.6 is 34.9 Å². The molecule has 106 valence electrons. The van der Waals surface area contributed by atoms with Crippen molar-refractivity contribution in [3.05, 3.63) is 16.8 Å². The van der Waals surface area contributed by atoms with Crippen molar-refractivity contribution in [2.75, 3.05) is 11.5 Å². The average Bonchev–Trinajstić information content (AvgIpc) is 2.96. The zero-order chi connectivity index (χ0) is 14.3. The molecule has 20 heavy (non-hydrogen) atoms. The lowest BCUT2D eigenvalue weighted by Crippen LogP contribution is -2.68. The molecule has 1 amide bonds. The minimum atomic E-state index is -1.08. The summed E-state index contributed by atoms with van der Waals surface area (Å²) in [5.41, 5.74) is 8.11. The molecular formula is C10H10N4O3S3. The maximum atomic E-state index is 11.8. The van der Waals surface area contributed by atoms with Crippen LogP contribution < -0.4 is 5.73 Å². The Labute approximate surface area is 126 Å². The standard InChI is InChI=1S/C10H10N4O3S3/c11-5-7(15)14-6(9(16)17)4(1-18-8(5)14)2-19-10-13-12-3-20-10/h3,5,8H,1-2,11H2,(H,16,17)/t5-,8+/m0/s1. The van der Waals surface area contributed by atoms with E-state index < -0.39 is 12.0 Å². The van der Waals surface area contributed by atoms with Crippen molar-refractivity contribution >= 4 is 46.7 Å². The maximum absolute atomic E-state index is 11.8. The van der Waals surface area contributed by atoms with Crippen LogP contribution in [0.15, 0.2) is 21.1 Å². The molecule has 3 rings (SSSR count). The monoisotopic (exact) mass is 330 g/mol. The van der Waals surface area contributed by atoms with Crippen molar-refractivity contribution in [3.8, 4) is 0 Å². The van der Waals surface area contributed by atoms with Crippen LogP contribution in [-0.4, -0.2) is 55.0 Å². The van der Waals surface area contributed by atoms with Gasteiger partial charge in [-0.3, -0.25) is 9.69 Å². The fourth-order valence-electron chi connectivity index (χ4n) is 2.07. The van der Waals surface area contributed by atoms with E-state index in [-0.39, 0.29) is 17.0 Å². The third-order valence-electron chi connectivity index (χ3n) is 3.00. The Balaban J connectivity index is 1.82. The molecule has 0 radical (unpaired) electrons. The van der Waals surface area contributed by atoms with Crippen LogP contribution in [0.5, 0.6) is 0 Å². The lowest BCUT2D eigenvalue weighted by atomic mass is 10.0. The molecule has 0 aliphatic carbocycles. The van der Waals surface area contributed by atoms with Gasteiger partial charge in [-0.1, -0.05) is 23.1 Å². The molecule has 0 spiro atoms. The number of nitrogens with zero attached hydrogens (tertiary/aromatic N) is 3. The third kappa shape index (κ3) is 2.22. The highest BCUT2D eigenvalue weighted by molar-refractivity contribution is 8.01. The highest BCUT2D eigenvalue weighted by atomic mass is 32.2. The highest BCUT2D eigenvalue weighted by Gasteiger charge is 2.51. The number of amides is 1. The van der Waals surface area contributed by atoms with Gasteiger partial charge in [0, 0.05) is 11.5 Å². The molecule has 7 nitrogen and oxygen atoms in total. The van der Waals surface area contributed by atoms with Gasteiger partial charge in [-0.15, -0.1) is 22.0 Å². The largest absolute Gasteiger partial charge is 0.477 e. The summed E-state index contributed by atoms with van der Waals surface area (Å²) in [5, 5.41) is 16.7. The minimum Gasteiger partial charge on any atom is -0.477 e. The predicted molar refractivity (Wildman–Crippen MR) is 76.4 cm³/mol. The number of β-lactam (4-membered cyclic amide) rings is 1. The van der Waals surface area contributed by atoms with E-state index in [1.165, 1.54) is 39.8 Å². The van der Waals surface area contributed by atoms with E-state index in [0.717, 1.165) is 9.91 Å². The van der Waals surface area contributed by atoms with Crippen molar-refractivity contribution < 1.29 is 14.7 Å². The number of nitrogens with two attached hydrogens (primary N) is 1. The number of carbonyl (C=O) groups excluding carboxylic acids is 1. The van der Waals surface area contributed by atoms with Gasteiger partial charge in [-0.25, -0.2) is 4.79 Å². The molecule has 0 bridgehead atoms. The van der Waals surface area contributed by atoms with E-state index >= 15 is 0 Å². The van der Waals surface area contributed by atoms with Gasteiger partial charge in [0.15, 0.2) is 4.34 Å². The molecule has 0 saturated carbocycles. The van der Waals surface area contributed by atoms with E-state index in [1.807, 2.05) is 0 Å². The van der Waals surface area contributed by atoms with Gasteiger partial charge in [-0.2, -0.15) is 0 Å². The number of thioether (sulfide) groups is 2. The summed E-state index contributed by atoms with van der Waals surface area (Å²) in [5.74, 6) is -0.355. The molecular weight excluding hydrogens is 320 g/mol. The number of aliphatic carboxylic acids is 1. The van der Waals surface area contributed by atoms with Crippen LogP contribution in [0.4, 0.5) is 0 Å². The van der Waals surface area contributed by atoms with Crippen molar-refractivity contribution in [2.45, 2.75) is 15.8 Å². The predicted octanol–water partition coefficient (Wildman–Crippen LogP) is 0.211. The Morgan fingerprint density at radius 2 is 2.45 bits per heavy atom. The van der Waals surface area contributed by atoms with Crippen LogP contribution in [-0.2, 0) is 9.59 Å². The van der Waals surface area contributed by atoms with E-state index in [0.29, 0.717) is 11.5 Å². The number of carbonyl (C=O) groups is 2. The lowest BCUT2D eigenvalue weighted by molar-refractivity contribution is -0.147. The second-order valence-electron chi connectivity index (χ2n) is 4.19. The number of hydrogen-bond acceptors (Lipinski definition) is 8. The normalized spacial score (nSPS) is 25.4. The van der Waals surface area contributed by atoms with Gasteiger partial charge in [0.2, 0.25) is 5.91 Å².